The number of carbonyl (C=O) groups excluding carboxylic acids is 1. The zero-order valence-electron chi connectivity index (χ0n) is 10.6. The van der Waals surface area contributed by atoms with Crippen LogP contribution in [0.3, 0.4) is 0 Å². The fourth-order valence-electron chi connectivity index (χ4n) is 1.96. The van der Waals surface area contributed by atoms with Crippen molar-refractivity contribution in [3.8, 4) is 0 Å². The molecule has 1 rings (SSSR count). The largest absolute Gasteiger partial charge is 0.447 e. The minimum absolute atomic E-state index is 0.196. The lowest BCUT2D eigenvalue weighted by Gasteiger charge is -2.35. The second kappa shape index (κ2) is 6.74. The predicted octanol–water partition coefficient (Wildman–Crippen LogP) is 2.28. The molecule has 0 aromatic carbocycles. The zero-order chi connectivity index (χ0) is 12.0. The molecule has 1 fully saturated rings. The minimum atomic E-state index is -0.196. The summed E-state index contributed by atoms with van der Waals surface area (Å²) >= 11 is 0. The molecule has 2 atom stereocenters. The third-order valence-electron chi connectivity index (χ3n) is 3.01. The predicted molar refractivity (Wildman–Crippen MR) is 62.4 cm³/mol. The zero-order valence-corrected chi connectivity index (χ0v) is 10.6. The Bertz CT molecular complexity index is 220. The van der Waals surface area contributed by atoms with Crippen LogP contribution in [0.15, 0.2) is 0 Å². The normalized spacial score (nSPS) is 25.6. The molecular formula is C12H23NO3. The summed E-state index contributed by atoms with van der Waals surface area (Å²) in [6.07, 6.45) is 2.07. The van der Waals surface area contributed by atoms with Gasteiger partial charge in [-0.2, -0.15) is 0 Å². The minimum Gasteiger partial charge on any atom is -0.447 e. The number of ether oxygens (including phenoxy) is 2. The van der Waals surface area contributed by atoms with Gasteiger partial charge in [-0.15, -0.1) is 0 Å². The lowest BCUT2D eigenvalue weighted by molar-refractivity contribution is 0.0398. The van der Waals surface area contributed by atoms with Crippen LogP contribution in [0.1, 0.15) is 33.6 Å². The Hall–Kier alpha value is -0.770. The fraction of sp³-hybridized carbons (Fsp3) is 0.917. The molecule has 1 heterocycles. The first kappa shape index (κ1) is 13.3. The maximum Gasteiger partial charge on any atom is 0.410 e. The maximum atomic E-state index is 11.8. The van der Waals surface area contributed by atoms with E-state index in [1.54, 1.807) is 0 Å². The van der Waals surface area contributed by atoms with Crippen LogP contribution < -0.4 is 0 Å². The highest BCUT2D eigenvalue weighted by Crippen LogP contribution is 2.21. The topological polar surface area (TPSA) is 38.8 Å². The van der Waals surface area contributed by atoms with Gasteiger partial charge < -0.3 is 14.4 Å². The van der Waals surface area contributed by atoms with E-state index in [1.807, 2.05) is 11.8 Å². The Balaban J connectivity index is 2.28. The number of rotatable bonds is 4. The van der Waals surface area contributed by atoms with Crippen molar-refractivity contribution in [1.82, 2.24) is 4.90 Å². The summed E-state index contributed by atoms with van der Waals surface area (Å²) in [5.41, 5.74) is 0. The number of hydrogen-bond donors (Lipinski definition) is 0. The van der Waals surface area contributed by atoms with E-state index in [2.05, 4.69) is 13.8 Å². The van der Waals surface area contributed by atoms with Crippen molar-refractivity contribution in [2.24, 2.45) is 5.92 Å². The molecular weight excluding hydrogens is 206 g/mol. The van der Waals surface area contributed by atoms with Gasteiger partial charge in [0, 0.05) is 19.2 Å². The Morgan fingerprint density at radius 2 is 2.06 bits per heavy atom. The number of amides is 1. The smallest absolute Gasteiger partial charge is 0.410 e. The summed E-state index contributed by atoms with van der Waals surface area (Å²) in [5.74, 6) is 0.579. The van der Waals surface area contributed by atoms with Gasteiger partial charge in [0.05, 0.1) is 6.61 Å². The quantitative estimate of drug-likeness (QED) is 0.694. The number of piperidine rings is 1. The molecule has 0 spiro atoms. The summed E-state index contributed by atoms with van der Waals surface area (Å²) < 4.78 is 10.3. The van der Waals surface area contributed by atoms with E-state index in [0.29, 0.717) is 31.8 Å². The van der Waals surface area contributed by atoms with E-state index < -0.39 is 0 Å². The van der Waals surface area contributed by atoms with E-state index in [9.17, 15) is 4.79 Å². The molecule has 0 N–H and O–H groups in total. The third-order valence-corrected chi connectivity index (χ3v) is 3.01. The van der Waals surface area contributed by atoms with Gasteiger partial charge >= 0.3 is 6.09 Å². The average molecular weight is 229 g/mol. The van der Waals surface area contributed by atoms with Crippen molar-refractivity contribution < 1.29 is 14.3 Å². The summed E-state index contributed by atoms with van der Waals surface area (Å²) in [6.45, 7) is 8.49. The van der Waals surface area contributed by atoms with Crippen LogP contribution in [-0.2, 0) is 9.47 Å². The van der Waals surface area contributed by atoms with Crippen LogP contribution in [0.2, 0.25) is 0 Å². The summed E-state index contributed by atoms with van der Waals surface area (Å²) in [6, 6.07) is 0.302. The van der Waals surface area contributed by atoms with Crippen LogP contribution >= 0.6 is 0 Å². The maximum absolute atomic E-state index is 11.8. The molecule has 1 aliphatic heterocycles. The molecule has 1 amide bonds. The third kappa shape index (κ3) is 4.00. The molecule has 1 aliphatic rings. The Morgan fingerprint density at radius 1 is 1.31 bits per heavy atom. The Kier molecular flexibility index (Phi) is 5.60. The van der Waals surface area contributed by atoms with Gasteiger partial charge in [-0.3, -0.25) is 0 Å². The molecule has 0 aromatic heterocycles. The number of nitrogens with zero attached hydrogens (tertiary/aromatic N) is 1. The van der Waals surface area contributed by atoms with Crippen LogP contribution in [0.4, 0.5) is 4.79 Å². The summed E-state index contributed by atoms with van der Waals surface area (Å²) in [4.78, 5) is 13.6. The molecule has 4 nitrogen and oxygen atoms in total. The number of carbonyl (C=O) groups is 1. The lowest BCUT2D eigenvalue weighted by atomic mass is 9.96. The lowest BCUT2D eigenvalue weighted by Crippen LogP contribution is -2.45. The van der Waals surface area contributed by atoms with E-state index in [4.69, 9.17) is 9.47 Å². The first-order chi connectivity index (χ1) is 7.65. The standard InChI is InChI=1S/C12H23NO3/c1-4-15-7-8-16-12(14)13-9-10(2)5-6-11(13)3/h10-11H,4-9H2,1-3H3. The number of hydrogen-bond acceptors (Lipinski definition) is 3. The average Bonchev–Trinajstić information content (AvgIpc) is 2.27. The van der Waals surface area contributed by atoms with Gasteiger partial charge in [0.2, 0.25) is 0 Å². The van der Waals surface area contributed by atoms with Gasteiger partial charge in [-0.1, -0.05) is 6.92 Å². The van der Waals surface area contributed by atoms with Crippen molar-refractivity contribution in [3.63, 3.8) is 0 Å². The van der Waals surface area contributed by atoms with E-state index in [1.165, 1.54) is 6.42 Å². The van der Waals surface area contributed by atoms with E-state index in [0.717, 1.165) is 13.0 Å². The number of likely N-dealkylation sites (tertiary alicyclic amines) is 1. The summed E-state index contributed by atoms with van der Waals surface area (Å²) in [7, 11) is 0. The van der Waals surface area contributed by atoms with Crippen LogP contribution in [0, 0.1) is 5.92 Å². The molecule has 1 saturated heterocycles. The van der Waals surface area contributed by atoms with Crippen molar-refractivity contribution in [3.05, 3.63) is 0 Å². The molecule has 16 heavy (non-hydrogen) atoms. The van der Waals surface area contributed by atoms with Gasteiger partial charge in [-0.05, 0) is 32.6 Å². The first-order valence-electron chi connectivity index (χ1n) is 6.16. The highest BCUT2D eigenvalue weighted by molar-refractivity contribution is 5.68. The van der Waals surface area contributed by atoms with Crippen molar-refractivity contribution >= 4 is 6.09 Å². The van der Waals surface area contributed by atoms with Gasteiger partial charge in [-0.25, -0.2) is 4.79 Å². The second-order valence-electron chi connectivity index (χ2n) is 4.50. The molecule has 4 heteroatoms. The van der Waals surface area contributed by atoms with Gasteiger partial charge in [0.25, 0.3) is 0 Å². The van der Waals surface area contributed by atoms with E-state index >= 15 is 0 Å². The fourth-order valence-corrected chi connectivity index (χ4v) is 1.96. The summed E-state index contributed by atoms with van der Waals surface area (Å²) in [5, 5.41) is 0. The van der Waals surface area contributed by atoms with Crippen LogP contribution in [0.5, 0.6) is 0 Å². The highest BCUT2D eigenvalue weighted by atomic mass is 16.6. The molecule has 0 aliphatic carbocycles. The second-order valence-corrected chi connectivity index (χ2v) is 4.50. The van der Waals surface area contributed by atoms with Crippen molar-refractivity contribution in [2.45, 2.75) is 39.7 Å². The van der Waals surface area contributed by atoms with Crippen molar-refractivity contribution in [2.75, 3.05) is 26.4 Å². The SMILES string of the molecule is CCOCCOC(=O)N1CC(C)CCC1C. The van der Waals surface area contributed by atoms with Gasteiger partial charge in [0.1, 0.15) is 6.61 Å². The molecule has 94 valence electrons. The molecule has 2 unspecified atom stereocenters. The highest BCUT2D eigenvalue weighted by Gasteiger charge is 2.27. The van der Waals surface area contributed by atoms with Crippen LogP contribution in [0.25, 0.3) is 0 Å². The monoisotopic (exact) mass is 229 g/mol. The van der Waals surface area contributed by atoms with Gasteiger partial charge in [0.15, 0.2) is 0 Å². The van der Waals surface area contributed by atoms with E-state index in [-0.39, 0.29) is 6.09 Å². The first-order valence-corrected chi connectivity index (χ1v) is 6.16. The van der Waals surface area contributed by atoms with Crippen molar-refractivity contribution in [1.29, 1.82) is 0 Å². The molecule has 0 radical (unpaired) electrons. The Morgan fingerprint density at radius 3 is 2.75 bits per heavy atom. The molecule has 0 saturated carbocycles. The van der Waals surface area contributed by atoms with Crippen LogP contribution in [-0.4, -0.2) is 43.4 Å². The Labute approximate surface area is 97.9 Å². The molecule has 0 bridgehead atoms. The molecule has 0 aromatic rings.